The van der Waals surface area contributed by atoms with E-state index in [1.165, 1.54) is 0 Å². The normalized spacial score (nSPS) is 11.4. The number of nitrogens with one attached hydrogen (secondary N) is 2. The summed E-state index contributed by atoms with van der Waals surface area (Å²) in [5, 5.41) is 7.55. The summed E-state index contributed by atoms with van der Waals surface area (Å²) in [4.78, 5) is 25.8. The molecule has 0 saturated heterocycles. The van der Waals surface area contributed by atoms with E-state index in [4.69, 9.17) is 9.97 Å². The Hall–Kier alpha value is -4.46. The number of hydrogen-bond donors (Lipinski definition) is 2. The predicted octanol–water partition coefficient (Wildman–Crippen LogP) is 4.33. The van der Waals surface area contributed by atoms with Crippen LogP contribution in [0.1, 0.15) is 5.56 Å². The number of imidazole rings is 1. The Morgan fingerprint density at radius 1 is 0.710 bits per heavy atom. The first-order valence-corrected chi connectivity index (χ1v) is 9.78. The van der Waals surface area contributed by atoms with Gasteiger partial charge in [0.15, 0.2) is 11.5 Å². The van der Waals surface area contributed by atoms with Crippen LogP contribution in [-0.2, 0) is 0 Å². The van der Waals surface area contributed by atoms with E-state index < -0.39 is 0 Å². The summed E-state index contributed by atoms with van der Waals surface area (Å²) >= 11 is 0. The van der Waals surface area contributed by atoms with Crippen molar-refractivity contribution in [2.24, 2.45) is 0 Å². The standard InChI is InChI=1S/C23H16N8/c1-13-4-7-25-10-15(13)17-2-3-18-21(27-17)22(31-30-18)23-28-19-12-26-11-16(20(19)29-23)14-5-8-24-9-6-14/h2-12H,1H3,(H,28,29)(H,30,31). The zero-order valence-electron chi connectivity index (χ0n) is 16.5. The lowest BCUT2D eigenvalue weighted by molar-refractivity contribution is 1.10. The van der Waals surface area contributed by atoms with E-state index in [0.29, 0.717) is 11.5 Å². The molecule has 31 heavy (non-hydrogen) atoms. The number of aromatic nitrogens is 8. The topological polar surface area (TPSA) is 109 Å². The summed E-state index contributed by atoms with van der Waals surface area (Å²) in [5.41, 5.74) is 8.80. The Balaban J connectivity index is 1.52. The van der Waals surface area contributed by atoms with Gasteiger partial charge < -0.3 is 4.98 Å². The summed E-state index contributed by atoms with van der Waals surface area (Å²) < 4.78 is 0. The molecule has 0 aliphatic rings. The lowest BCUT2D eigenvalue weighted by Gasteiger charge is -2.04. The molecule has 0 aliphatic heterocycles. The van der Waals surface area contributed by atoms with Gasteiger partial charge in [-0.2, -0.15) is 5.10 Å². The van der Waals surface area contributed by atoms with Crippen LogP contribution in [0.25, 0.3) is 56.0 Å². The molecule has 148 valence electrons. The average molecular weight is 404 g/mol. The first kappa shape index (κ1) is 17.4. The van der Waals surface area contributed by atoms with Crippen molar-refractivity contribution in [1.29, 1.82) is 0 Å². The van der Waals surface area contributed by atoms with Crippen LogP contribution in [-0.4, -0.2) is 40.1 Å². The van der Waals surface area contributed by atoms with Gasteiger partial charge in [-0.25, -0.2) is 9.97 Å². The van der Waals surface area contributed by atoms with Crippen LogP contribution >= 0.6 is 0 Å². The third-order valence-corrected chi connectivity index (χ3v) is 5.33. The maximum atomic E-state index is 4.88. The number of H-pyrrole nitrogens is 2. The van der Waals surface area contributed by atoms with E-state index >= 15 is 0 Å². The minimum atomic E-state index is 0.636. The van der Waals surface area contributed by atoms with Crippen LogP contribution in [0.3, 0.4) is 0 Å². The largest absolute Gasteiger partial charge is 0.335 e. The number of aryl methyl sites for hydroxylation is 1. The Kier molecular flexibility index (Phi) is 3.82. The summed E-state index contributed by atoms with van der Waals surface area (Å²) in [6.07, 6.45) is 10.7. The molecule has 6 rings (SSSR count). The van der Waals surface area contributed by atoms with Gasteiger partial charge in [-0.3, -0.25) is 20.1 Å². The van der Waals surface area contributed by atoms with E-state index in [2.05, 4.69) is 30.1 Å². The van der Waals surface area contributed by atoms with Crippen molar-refractivity contribution in [2.75, 3.05) is 0 Å². The number of nitrogens with zero attached hydrogens (tertiary/aromatic N) is 6. The number of pyridine rings is 4. The van der Waals surface area contributed by atoms with Gasteiger partial charge in [0, 0.05) is 42.1 Å². The zero-order valence-corrected chi connectivity index (χ0v) is 16.5. The van der Waals surface area contributed by atoms with E-state index in [9.17, 15) is 0 Å². The van der Waals surface area contributed by atoms with Crippen molar-refractivity contribution >= 4 is 22.1 Å². The van der Waals surface area contributed by atoms with Crippen molar-refractivity contribution in [3.8, 4) is 33.9 Å². The van der Waals surface area contributed by atoms with Crippen LogP contribution in [0.5, 0.6) is 0 Å². The quantitative estimate of drug-likeness (QED) is 0.454. The predicted molar refractivity (Wildman–Crippen MR) is 118 cm³/mol. The molecule has 0 aliphatic carbocycles. The summed E-state index contributed by atoms with van der Waals surface area (Å²) in [6.45, 7) is 2.05. The second kappa shape index (κ2) is 6.81. The van der Waals surface area contributed by atoms with Crippen molar-refractivity contribution in [1.82, 2.24) is 40.1 Å². The molecule has 6 aromatic rings. The van der Waals surface area contributed by atoms with Gasteiger partial charge in [0.05, 0.1) is 28.4 Å². The third-order valence-electron chi connectivity index (χ3n) is 5.33. The van der Waals surface area contributed by atoms with E-state index in [1.807, 2.05) is 49.6 Å². The summed E-state index contributed by atoms with van der Waals surface area (Å²) in [7, 11) is 0. The van der Waals surface area contributed by atoms with Crippen molar-refractivity contribution in [3.05, 3.63) is 73.1 Å². The fourth-order valence-corrected chi connectivity index (χ4v) is 3.73. The summed E-state index contributed by atoms with van der Waals surface area (Å²) in [5.74, 6) is 0.636. The maximum absolute atomic E-state index is 4.88. The highest BCUT2D eigenvalue weighted by Crippen LogP contribution is 2.31. The maximum Gasteiger partial charge on any atom is 0.161 e. The number of hydrogen-bond acceptors (Lipinski definition) is 6. The molecule has 0 saturated carbocycles. The Morgan fingerprint density at radius 2 is 1.55 bits per heavy atom. The van der Waals surface area contributed by atoms with Gasteiger partial charge in [0.2, 0.25) is 0 Å². The SMILES string of the molecule is Cc1ccncc1-c1ccc2[nH]nc(-c3nc4c(-c5ccncc5)cncc4[nH]3)c2n1. The fourth-order valence-electron chi connectivity index (χ4n) is 3.73. The van der Waals surface area contributed by atoms with Gasteiger partial charge in [0.25, 0.3) is 0 Å². The molecule has 0 bridgehead atoms. The highest BCUT2D eigenvalue weighted by atomic mass is 15.1. The highest BCUT2D eigenvalue weighted by molar-refractivity contribution is 5.95. The lowest BCUT2D eigenvalue weighted by Crippen LogP contribution is -1.90. The molecule has 0 fully saturated rings. The number of rotatable bonds is 3. The smallest absolute Gasteiger partial charge is 0.161 e. The number of aromatic amines is 2. The molecule has 0 aromatic carbocycles. The lowest BCUT2D eigenvalue weighted by atomic mass is 10.1. The first-order valence-electron chi connectivity index (χ1n) is 9.78. The second-order valence-electron chi connectivity index (χ2n) is 7.26. The Bertz CT molecular complexity index is 1550. The molecular weight excluding hydrogens is 388 g/mol. The molecule has 6 aromatic heterocycles. The Labute approximate surface area is 176 Å². The van der Waals surface area contributed by atoms with Crippen LogP contribution in [0.2, 0.25) is 0 Å². The molecule has 0 unspecified atom stereocenters. The molecule has 2 N–H and O–H groups in total. The van der Waals surface area contributed by atoms with Crippen molar-refractivity contribution in [3.63, 3.8) is 0 Å². The van der Waals surface area contributed by atoms with Gasteiger partial charge in [0.1, 0.15) is 5.52 Å². The Morgan fingerprint density at radius 3 is 2.42 bits per heavy atom. The highest BCUT2D eigenvalue weighted by Gasteiger charge is 2.17. The molecule has 0 atom stereocenters. The monoisotopic (exact) mass is 404 g/mol. The first-order chi connectivity index (χ1) is 15.3. The van der Waals surface area contributed by atoms with Gasteiger partial charge in [-0.05, 0) is 48.4 Å². The van der Waals surface area contributed by atoms with Crippen LogP contribution < -0.4 is 0 Å². The minimum absolute atomic E-state index is 0.636. The van der Waals surface area contributed by atoms with Crippen LogP contribution in [0, 0.1) is 6.92 Å². The zero-order chi connectivity index (χ0) is 20.8. The fraction of sp³-hybridized carbons (Fsp3) is 0.0435. The molecule has 0 radical (unpaired) electrons. The number of fused-ring (bicyclic) bond motifs is 2. The molecule has 6 heterocycles. The summed E-state index contributed by atoms with van der Waals surface area (Å²) in [6, 6.07) is 9.81. The average Bonchev–Trinajstić information content (AvgIpc) is 3.43. The third kappa shape index (κ3) is 2.84. The minimum Gasteiger partial charge on any atom is -0.335 e. The second-order valence-corrected chi connectivity index (χ2v) is 7.26. The van der Waals surface area contributed by atoms with Gasteiger partial charge in [-0.15, -0.1) is 0 Å². The van der Waals surface area contributed by atoms with Crippen LogP contribution in [0.4, 0.5) is 0 Å². The van der Waals surface area contributed by atoms with E-state index in [1.54, 1.807) is 24.8 Å². The van der Waals surface area contributed by atoms with Crippen molar-refractivity contribution < 1.29 is 0 Å². The van der Waals surface area contributed by atoms with Gasteiger partial charge >= 0.3 is 0 Å². The molecule has 8 nitrogen and oxygen atoms in total. The van der Waals surface area contributed by atoms with Crippen LogP contribution in [0.15, 0.2) is 67.5 Å². The van der Waals surface area contributed by atoms with Crippen molar-refractivity contribution in [2.45, 2.75) is 6.92 Å². The molecule has 8 heteroatoms. The molecule has 0 spiro atoms. The molecule has 0 amide bonds. The van der Waals surface area contributed by atoms with E-state index in [0.717, 1.165) is 50.0 Å². The van der Waals surface area contributed by atoms with E-state index in [-0.39, 0.29) is 0 Å². The van der Waals surface area contributed by atoms with Gasteiger partial charge in [-0.1, -0.05) is 0 Å². The molecular formula is C23H16N8.